The van der Waals surface area contributed by atoms with Crippen molar-refractivity contribution < 1.29 is 14.0 Å². The molecule has 0 radical (unpaired) electrons. The Bertz CT molecular complexity index is 1200. The quantitative estimate of drug-likeness (QED) is 0.632. The van der Waals surface area contributed by atoms with Crippen LogP contribution in [0.1, 0.15) is 11.4 Å². The molecule has 0 aliphatic carbocycles. The van der Waals surface area contributed by atoms with Crippen molar-refractivity contribution in [3.05, 3.63) is 76.1 Å². The number of benzene rings is 2. The Balaban J connectivity index is 1.39. The maximum Gasteiger partial charge on any atom is 0.258 e. The highest BCUT2D eigenvalue weighted by Gasteiger charge is 2.34. The number of amides is 2. The van der Waals surface area contributed by atoms with Crippen LogP contribution in [0.4, 0.5) is 4.39 Å². The van der Waals surface area contributed by atoms with E-state index in [0.29, 0.717) is 28.0 Å². The molecule has 2 N–H and O–H groups in total. The van der Waals surface area contributed by atoms with Crippen LogP contribution in [0.2, 0.25) is 0 Å². The van der Waals surface area contributed by atoms with E-state index in [0.717, 1.165) is 0 Å². The number of halogens is 1. The molecule has 9 heteroatoms. The first kappa shape index (κ1) is 21.0. The fourth-order valence-corrected chi connectivity index (χ4v) is 4.69. The van der Waals surface area contributed by atoms with Crippen LogP contribution >= 0.6 is 11.8 Å². The maximum absolute atomic E-state index is 13.9. The Hall–Kier alpha value is -3.20. The topological polar surface area (TPSA) is 95.2 Å². The number of hydrogen-bond acceptors (Lipinski definition) is 5. The molecule has 0 bridgehead atoms. The standard InChI is InChI=1S/C22H21FN4O3S/c1-27(11-19-24-16-9-5-3-7-14(16)20(28)26-19)22(30)17-12-31-18(21(29)25-17)10-13-6-2-4-8-15(13)23/h2-9,17-18H,10-12H2,1H3,(H,25,29)(H,24,26,28). The van der Waals surface area contributed by atoms with Crippen LogP contribution in [0, 0.1) is 5.82 Å². The summed E-state index contributed by atoms with van der Waals surface area (Å²) in [6.45, 7) is 0.106. The second-order valence-electron chi connectivity index (χ2n) is 7.40. The lowest BCUT2D eigenvalue weighted by Crippen LogP contribution is -2.54. The van der Waals surface area contributed by atoms with Gasteiger partial charge in [-0.05, 0) is 30.2 Å². The van der Waals surface area contributed by atoms with Crippen molar-refractivity contribution in [2.75, 3.05) is 12.8 Å². The molecule has 1 aliphatic rings. The van der Waals surface area contributed by atoms with E-state index in [1.807, 2.05) is 0 Å². The van der Waals surface area contributed by atoms with Gasteiger partial charge in [-0.25, -0.2) is 9.37 Å². The summed E-state index contributed by atoms with van der Waals surface area (Å²) < 4.78 is 13.9. The number of aromatic nitrogens is 2. The fourth-order valence-electron chi connectivity index (χ4n) is 3.52. The zero-order valence-corrected chi connectivity index (χ0v) is 17.6. The monoisotopic (exact) mass is 440 g/mol. The van der Waals surface area contributed by atoms with Crippen LogP contribution in [0.25, 0.3) is 10.9 Å². The molecule has 3 aromatic rings. The predicted molar refractivity (Wildman–Crippen MR) is 117 cm³/mol. The van der Waals surface area contributed by atoms with Crippen LogP contribution in [-0.2, 0) is 22.6 Å². The first-order chi connectivity index (χ1) is 14.9. The van der Waals surface area contributed by atoms with Crippen LogP contribution < -0.4 is 10.9 Å². The van der Waals surface area contributed by atoms with Gasteiger partial charge < -0.3 is 15.2 Å². The molecular weight excluding hydrogens is 419 g/mol. The number of H-pyrrole nitrogens is 1. The first-order valence-corrected chi connectivity index (χ1v) is 10.9. The third-order valence-corrected chi connectivity index (χ3v) is 6.47. The van der Waals surface area contributed by atoms with Crippen LogP contribution in [0.3, 0.4) is 0 Å². The highest BCUT2D eigenvalue weighted by atomic mass is 32.2. The number of nitrogens with zero attached hydrogens (tertiary/aromatic N) is 2. The van der Waals surface area contributed by atoms with Gasteiger partial charge in [-0.2, -0.15) is 0 Å². The van der Waals surface area contributed by atoms with Gasteiger partial charge in [0.25, 0.3) is 5.56 Å². The van der Waals surface area contributed by atoms with E-state index in [9.17, 15) is 18.8 Å². The molecule has 2 aromatic carbocycles. The molecule has 1 aromatic heterocycles. The number of likely N-dealkylation sites (N-methyl/N-ethyl adjacent to an activating group) is 1. The molecule has 0 spiro atoms. The molecule has 1 saturated heterocycles. The summed E-state index contributed by atoms with van der Waals surface area (Å²) >= 11 is 1.34. The van der Waals surface area contributed by atoms with Gasteiger partial charge in [-0.1, -0.05) is 30.3 Å². The van der Waals surface area contributed by atoms with Crippen LogP contribution in [0.5, 0.6) is 0 Å². The van der Waals surface area contributed by atoms with Gasteiger partial charge in [-0.15, -0.1) is 11.8 Å². The van der Waals surface area contributed by atoms with Crippen molar-refractivity contribution in [3.8, 4) is 0 Å². The third-order valence-electron chi connectivity index (χ3n) is 5.16. The molecule has 4 rings (SSSR count). The van der Waals surface area contributed by atoms with Gasteiger partial charge in [0.15, 0.2) is 0 Å². The van der Waals surface area contributed by atoms with Gasteiger partial charge >= 0.3 is 0 Å². The number of hydrogen-bond donors (Lipinski definition) is 2. The highest BCUT2D eigenvalue weighted by molar-refractivity contribution is 8.00. The van der Waals surface area contributed by atoms with E-state index < -0.39 is 11.3 Å². The fraction of sp³-hybridized carbons (Fsp3) is 0.273. The largest absolute Gasteiger partial charge is 0.343 e. The minimum Gasteiger partial charge on any atom is -0.343 e. The number of fused-ring (bicyclic) bond motifs is 1. The molecule has 31 heavy (non-hydrogen) atoms. The minimum atomic E-state index is -0.688. The SMILES string of the molecule is CN(Cc1nc2ccccc2c(=O)[nH]1)C(=O)C1CSC(Cc2ccccc2F)C(=O)N1. The summed E-state index contributed by atoms with van der Waals surface area (Å²) in [5.41, 5.74) is 0.766. The number of thioether (sulfide) groups is 1. The number of para-hydroxylation sites is 1. The molecular formula is C22H21FN4O3S. The average molecular weight is 441 g/mol. The third kappa shape index (κ3) is 4.61. The lowest BCUT2D eigenvalue weighted by Gasteiger charge is -2.30. The van der Waals surface area contributed by atoms with Crippen molar-refractivity contribution in [1.29, 1.82) is 0 Å². The molecule has 160 valence electrons. The van der Waals surface area contributed by atoms with Crippen molar-refractivity contribution in [3.63, 3.8) is 0 Å². The summed E-state index contributed by atoms with van der Waals surface area (Å²) in [6, 6.07) is 12.7. The van der Waals surface area contributed by atoms with Crippen LogP contribution in [0.15, 0.2) is 53.3 Å². The smallest absolute Gasteiger partial charge is 0.258 e. The number of aromatic amines is 1. The Morgan fingerprint density at radius 3 is 2.71 bits per heavy atom. The maximum atomic E-state index is 13.9. The molecule has 2 amide bonds. The normalized spacial score (nSPS) is 18.6. The predicted octanol–water partition coefficient (Wildman–Crippen LogP) is 1.86. The first-order valence-electron chi connectivity index (χ1n) is 9.80. The lowest BCUT2D eigenvalue weighted by molar-refractivity contribution is -0.135. The van der Waals surface area contributed by atoms with E-state index in [1.54, 1.807) is 49.5 Å². The van der Waals surface area contributed by atoms with Crippen molar-refractivity contribution >= 4 is 34.5 Å². The number of carbonyl (C=O) groups excluding carboxylic acids is 2. The molecule has 1 aliphatic heterocycles. The Morgan fingerprint density at radius 1 is 1.19 bits per heavy atom. The highest BCUT2D eigenvalue weighted by Crippen LogP contribution is 2.24. The van der Waals surface area contributed by atoms with E-state index >= 15 is 0 Å². The zero-order chi connectivity index (χ0) is 22.0. The van der Waals surface area contributed by atoms with E-state index in [2.05, 4.69) is 15.3 Å². The second-order valence-corrected chi connectivity index (χ2v) is 8.64. The molecule has 2 unspecified atom stereocenters. The summed E-state index contributed by atoms with van der Waals surface area (Å²) in [5.74, 6) is -0.155. The van der Waals surface area contributed by atoms with E-state index in [1.165, 1.54) is 22.7 Å². The molecule has 2 heterocycles. The van der Waals surface area contributed by atoms with Crippen molar-refractivity contribution in [2.24, 2.45) is 0 Å². The number of carbonyl (C=O) groups is 2. The van der Waals surface area contributed by atoms with Gasteiger partial charge in [0.05, 0.1) is 22.7 Å². The molecule has 0 saturated carbocycles. The number of nitrogens with one attached hydrogen (secondary N) is 2. The second kappa shape index (κ2) is 8.89. The molecule has 1 fully saturated rings. The average Bonchev–Trinajstić information content (AvgIpc) is 2.76. The molecule has 7 nitrogen and oxygen atoms in total. The van der Waals surface area contributed by atoms with Crippen molar-refractivity contribution in [1.82, 2.24) is 20.2 Å². The summed E-state index contributed by atoms with van der Waals surface area (Å²) in [7, 11) is 1.60. The summed E-state index contributed by atoms with van der Waals surface area (Å²) in [4.78, 5) is 46.1. The zero-order valence-electron chi connectivity index (χ0n) is 16.8. The van der Waals surface area contributed by atoms with E-state index in [4.69, 9.17) is 0 Å². The van der Waals surface area contributed by atoms with Gasteiger partial charge in [0, 0.05) is 12.8 Å². The Labute approximate surface area is 182 Å². The van der Waals surface area contributed by atoms with Gasteiger partial charge in [0.1, 0.15) is 17.7 Å². The minimum absolute atomic E-state index is 0.106. The van der Waals surface area contributed by atoms with Crippen LogP contribution in [-0.4, -0.2) is 50.8 Å². The number of rotatable bonds is 5. The lowest BCUT2D eigenvalue weighted by atomic mass is 10.1. The summed E-state index contributed by atoms with van der Waals surface area (Å²) in [6.07, 6.45) is 0.266. The van der Waals surface area contributed by atoms with Crippen molar-refractivity contribution in [2.45, 2.75) is 24.3 Å². The Morgan fingerprint density at radius 2 is 1.94 bits per heavy atom. The van der Waals surface area contributed by atoms with Gasteiger partial charge in [-0.3, -0.25) is 14.4 Å². The molecule has 2 atom stereocenters. The Kier molecular flexibility index (Phi) is 6.03. The van der Waals surface area contributed by atoms with Gasteiger partial charge in [0.2, 0.25) is 11.8 Å². The summed E-state index contributed by atoms with van der Waals surface area (Å²) in [5, 5.41) is 2.78. The van der Waals surface area contributed by atoms with E-state index in [-0.39, 0.29) is 36.2 Å².